The van der Waals surface area contributed by atoms with E-state index in [1.54, 1.807) is 91.0 Å². The molecule has 4 rings (SSSR count). The van der Waals surface area contributed by atoms with E-state index >= 15 is 0 Å². The zero-order valence-corrected chi connectivity index (χ0v) is 18.0. The molecule has 0 spiro atoms. The van der Waals surface area contributed by atoms with Crippen molar-refractivity contribution in [1.29, 1.82) is 0 Å². The quantitative estimate of drug-likeness (QED) is 0.422. The molecule has 0 saturated carbocycles. The lowest BCUT2D eigenvalue weighted by Crippen LogP contribution is -2.40. The van der Waals surface area contributed by atoms with E-state index in [9.17, 15) is 19.5 Å². The summed E-state index contributed by atoms with van der Waals surface area (Å²) in [5, 5.41) is 10.8. The Kier molecular flexibility index (Phi) is 7.31. The summed E-state index contributed by atoms with van der Waals surface area (Å²) in [5.41, 5.74) is 0.848. The van der Waals surface area contributed by atoms with Crippen LogP contribution in [0.2, 0.25) is 0 Å². The molecule has 3 aromatic carbocycles. The molecule has 1 aliphatic heterocycles. The molecule has 0 aromatic heterocycles. The second-order valence-electron chi connectivity index (χ2n) is 7.51. The van der Waals surface area contributed by atoms with Crippen molar-refractivity contribution in [3.05, 3.63) is 108 Å². The molecule has 0 bridgehead atoms. The highest BCUT2D eigenvalue weighted by molar-refractivity contribution is 5.90. The number of carbonyl (C=O) groups is 3. The first kappa shape index (κ1) is 23.2. The highest BCUT2D eigenvalue weighted by atomic mass is 16.7. The lowest BCUT2D eigenvalue weighted by atomic mass is 10.1. The van der Waals surface area contributed by atoms with Gasteiger partial charge in [0.2, 0.25) is 6.29 Å². The zero-order valence-electron chi connectivity index (χ0n) is 18.0. The second kappa shape index (κ2) is 10.7. The summed E-state index contributed by atoms with van der Waals surface area (Å²) in [6, 6.07) is 24.7. The number of ether oxygens (including phenoxy) is 4. The van der Waals surface area contributed by atoms with Gasteiger partial charge in [-0.15, -0.1) is 0 Å². The molecule has 0 amide bonds. The van der Waals surface area contributed by atoms with Gasteiger partial charge < -0.3 is 24.1 Å². The van der Waals surface area contributed by atoms with Gasteiger partial charge in [-0.1, -0.05) is 54.6 Å². The summed E-state index contributed by atoms with van der Waals surface area (Å²) < 4.78 is 21.8. The van der Waals surface area contributed by atoms with Crippen LogP contribution in [-0.2, 0) is 18.9 Å². The first-order chi connectivity index (χ1) is 16.5. The van der Waals surface area contributed by atoms with E-state index in [-0.39, 0.29) is 17.7 Å². The molecule has 1 N–H and O–H groups in total. The molecule has 1 unspecified atom stereocenters. The predicted molar refractivity (Wildman–Crippen MR) is 119 cm³/mol. The summed E-state index contributed by atoms with van der Waals surface area (Å²) >= 11 is 0. The van der Waals surface area contributed by atoms with Crippen LogP contribution in [0.4, 0.5) is 0 Å². The monoisotopic (exact) mass is 462 g/mol. The van der Waals surface area contributed by atoms with Crippen LogP contribution in [0, 0.1) is 0 Å². The number of carbonyl (C=O) groups excluding carboxylic acids is 3. The van der Waals surface area contributed by atoms with Gasteiger partial charge in [0.1, 0.15) is 12.7 Å². The second-order valence-corrected chi connectivity index (χ2v) is 7.51. The third-order valence-electron chi connectivity index (χ3n) is 5.16. The lowest BCUT2D eigenvalue weighted by molar-refractivity contribution is -0.139. The van der Waals surface area contributed by atoms with Gasteiger partial charge in [-0.2, -0.15) is 0 Å². The SMILES string of the molecule is O=C(OC[C@H]1O[C@@H](OC(=O)c2ccccc2)[C@@H](O)C1OC(=O)c1ccccc1)c1ccccc1. The molecule has 174 valence electrons. The van der Waals surface area contributed by atoms with Crippen molar-refractivity contribution in [3.63, 3.8) is 0 Å². The fourth-order valence-electron chi connectivity index (χ4n) is 3.41. The third-order valence-corrected chi connectivity index (χ3v) is 5.16. The van der Waals surface area contributed by atoms with Crippen molar-refractivity contribution in [1.82, 2.24) is 0 Å². The Labute approximate surface area is 195 Å². The van der Waals surface area contributed by atoms with Crippen LogP contribution in [0.5, 0.6) is 0 Å². The first-order valence-electron chi connectivity index (χ1n) is 10.6. The normalized spacial score (nSPS) is 21.4. The van der Waals surface area contributed by atoms with Gasteiger partial charge in [-0.3, -0.25) is 0 Å². The van der Waals surface area contributed by atoms with Crippen molar-refractivity contribution in [2.24, 2.45) is 0 Å². The number of aliphatic hydroxyl groups excluding tert-OH is 1. The van der Waals surface area contributed by atoms with Crippen LogP contribution >= 0.6 is 0 Å². The Morgan fingerprint density at radius 3 is 1.62 bits per heavy atom. The van der Waals surface area contributed by atoms with E-state index < -0.39 is 42.5 Å². The Morgan fingerprint density at radius 2 is 1.12 bits per heavy atom. The smallest absolute Gasteiger partial charge is 0.340 e. The van der Waals surface area contributed by atoms with Gasteiger partial charge in [0.05, 0.1) is 16.7 Å². The van der Waals surface area contributed by atoms with Gasteiger partial charge in [-0.25, -0.2) is 14.4 Å². The molecule has 1 fully saturated rings. The van der Waals surface area contributed by atoms with E-state index in [1.165, 1.54) is 0 Å². The minimum Gasteiger partial charge on any atom is -0.459 e. The Hall–Kier alpha value is -4.01. The number of hydrogen-bond donors (Lipinski definition) is 1. The predicted octanol–water partition coefficient (Wildman–Crippen LogP) is 3.01. The van der Waals surface area contributed by atoms with E-state index in [2.05, 4.69) is 0 Å². The van der Waals surface area contributed by atoms with E-state index in [1.807, 2.05) is 0 Å². The maximum Gasteiger partial charge on any atom is 0.340 e. The maximum atomic E-state index is 12.6. The molecule has 8 heteroatoms. The molecule has 4 atom stereocenters. The molecule has 1 heterocycles. The van der Waals surface area contributed by atoms with Crippen molar-refractivity contribution < 1.29 is 38.4 Å². The summed E-state index contributed by atoms with van der Waals surface area (Å²) in [4.78, 5) is 37.4. The van der Waals surface area contributed by atoms with Gasteiger partial charge >= 0.3 is 17.9 Å². The van der Waals surface area contributed by atoms with E-state index in [0.717, 1.165) is 0 Å². The zero-order chi connectivity index (χ0) is 23.9. The average Bonchev–Trinajstić information content (AvgIpc) is 3.17. The van der Waals surface area contributed by atoms with Crippen molar-refractivity contribution >= 4 is 17.9 Å². The highest BCUT2D eigenvalue weighted by Crippen LogP contribution is 2.27. The highest BCUT2D eigenvalue weighted by Gasteiger charge is 2.49. The number of benzene rings is 3. The Balaban J connectivity index is 1.47. The fourth-order valence-corrected chi connectivity index (χ4v) is 3.41. The Morgan fingerprint density at radius 1 is 0.676 bits per heavy atom. The van der Waals surface area contributed by atoms with Crippen LogP contribution < -0.4 is 0 Å². The van der Waals surface area contributed by atoms with Gasteiger partial charge in [0.15, 0.2) is 12.2 Å². The minimum atomic E-state index is -1.50. The summed E-state index contributed by atoms with van der Waals surface area (Å²) in [6.07, 6.45) is -5.24. The average molecular weight is 462 g/mol. The van der Waals surface area contributed by atoms with Crippen LogP contribution in [0.1, 0.15) is 31.1 Å². The van der Waals surface area contributed by atoms with E-state index in [4.69, 9.17) is 18.9 Å². The summed E-state index contributed by atoms with van der Waals surface area (Å²) in [5.74, 6) is -2.04. The Bertz CT molecular complexity index is 1120. The molecule has 1 aliphatic rings. The number of esters is 3. The van der Waals surface area contributed by atoms with Crippen molar-refractivity contribution in [2.45, 2.75) is 24.6 Å². The van der Waals surface area contributed by atoms with Gasteiger partial charge in [0.25, 0.3) is 0 Å². The summed E-state index contributed by atoms with van der Waals surface area (Å²) in [6.45, 7) is -0.336. The van der Waals surface area contributed by atoms with Crippen molar-refractivity contribution in [3.8, 4) is 0 Å². The first-order valence-corrected chi connectivity index (χ1v) is 10.6. The molecule has 3 aromatic rings. The number of hydrogen-bond acceptors (Lipinski definition) is 8. The van der Waals surface area contributed by atoms with Gasteiger partial charge in [0, 0.05) is 0 Å². The van der Waals surface area contributed by atoms with Gasteiger partial charge in [-0.05, 0) is 36.4 Å². The lowest BCUT2D eigenvalue weighted by Gasteiger charge is -2.20. The molecule has 0 radical (unpaired) electrons. The topological polar surface area (TPSA) is 108 Å². The summed E-state index contributed by atoms with van der Waals surface area (Å²) in [7, 11) is 0. The molecular formula is C26H22O8. The number of aliphatic hydroxyl groups is 1. The van der Waals surface area contributed by atoms with E-state index in [0.29, 0.717) is 5.56 Å². The largest absolute Gasteiger partial charge is 0.459 e. The molecular weight excluding hydrogens is 440 g/mol. The maximum absolute atomic E-state index is 12.6. The molecule has 8 nitrogen and oxygen atoms in total. The standard InChI is InChI=1S/C26H22O8/c27-21-22(33-24(29)18-12-6-2-7-13-18)20(16-31-23(28)17-10-4-1-5-11-17)32-26(21)34-25(30)19-14-8-3-9-15-19/h1-15,20-22,26-27H,16H2/t20-,21+,22?,26+/m1/s1. The van der Waals surface area contributed by atoms with Crippen LogP contribution in [0.25, 0.3) is 0 Å². The third kappa shape index (κ3) is 5.48. The molecule has 1 saturated heterocycles. The molecule has 0 aliphatic carbocycles. The van der Waals surface area contributed by atoms with Crippen LogP contribution in [0.15, 0.2) is 91.0 Å². The minimum absolute atomic E-state index is 0.259. The number of rotatable bonds is 7. The van der Waals surface area contributed by atoms with Crippen molar-refractivity contribution in [2.75, 3.05) is 6.61 Å². The fraction of sp³-hybridized carbons (Fsp3) is 0.192. The molecule has 34 heavy (non-hydrogen) atoms. The van der Waals surface area contributed by atoms with Crippen LogP contribution in [-0.4, -0.2) is 54.2 Å². The van der Waals surface area contributed by atoms with Crippen LogP contribution in [0.3, 0.4) is 0 Å².